The van der Waals surface area contributed by atoms with E-state index in [2.05, 4.69) is 0 Å². The fraction of sp³-hybridized carbons (Fsp3) is 0.545. The molecule has 0 aromatic heterocycles. The molecule has 1 nitrogen and oxygen atoms in total. The Morgan fingerprint density at radius 2 is 1.36 bits per heavy atom. The summed E-state index contributed by atoms with van der Waals surface area (Å²) in [6.45, 7) is 4.03. The molecular weight excluding hydrogens is 219 g/mol. The van der Waals surface area contributed by atoms with E-state index in [0.29, 0.717) is 10.1 Å². The standard InChI is InChI=1S/C11H16Cl2O/c1-3-5-9(12)7-11(14)8-10(13)6-4-2/h7-8H,3-6H2,1-2H3. The summed E-state index contributed by atoms with van der Waals surface area (Å²) in [5.74, 6) is -0.123. The zero-order chi connectivity index (χ0) is 11.0. The number of halogens is 2. The van der Waals surface area contributed by atoms with Crippen molar-refractivity contribution in [1.29, 1.82) is 0 Å². The van der Waals surface area contributed by atoms with Gasteiger partial charge in [-0.3, -0.25) is 4.79 Å². The van der Waals surface area contributed by atoms with Gasteiger partial charge in [0.25, 0.3) is 0 Å². The SMILES string of the molecule is CCCC(Cl)=CC(=O)C=C(Cl)CCC. The van der Waals surface area contributed by atoms with Gasteiger partial charge in [0.1, 0.15) is 0 Å². The maximum absolute atomic E-state index is 11.3. The fourth-order valence-electron chi connectivity index (χ4n) is 0.972. The number of hydrogen-bond donors (Lipinski definition) is 0. The monoisotopic (exact) mass is 234 g/mol. The van der Waals surface area contributed by atoms with Crippen molar-refractivity contribution in [1.82, 2.24) is 0 Å². The lowest BCUT2D eigenvalue weighted by Crippen LogP contribution is -1.89. The predicted molar refractivity (Wildman–Crippen MR) is 62.7 cm³/mol. The second-order valence-corrected chi connectivity index (χ2v) is 4.06. The van der Waals surface area contributed by atoms with Crippen molar-refractivity contribution in [3.8, 4) is 0 Å². The lowest BCUT2D eigenvalue weighted by Gasteiger charge is -1.94. The highest BCUT2D eigenvalue weighted by molar-refractivity contribution is 6.33. The maximum Gasteiger partial charge on any atom is 0.180 e. The first-order valence-electron chi connectivity index (χ1n) is 4.86. The largest absolute Gasteiger partial charge is 0.290 e. The van der Waals surface area contributed by atoms with Crippen molar-refractivity contribution in [2.24, 2.45) is 0 Å². The summed E-state index contributed by atoms with van der Waals surface area (Å²) in [6.07, 6.45) is 6.23. The quantitative estimate of drug-likeness (QED) is 0.623. The second-order valence-electron chi connectivity index (χ2n) is 3.08. The molecule has 0 aliphatic rings. The van der Waals surface area contributed by atoms with Crippen LogP contribution in [0.3, 0.4) is 0 Å². The van der Waals surface area contributed by atoms with E-state index in [9.17, 15) is 4.79 Å². The summed E-state index contributed by atoms with van der Waals surface area (Å²) in [5, 5.41) is 1.18. The van der Waals surface area contributed by atoms with Gasteiger partial charge in [-0.1, -0.05) is 49.9 Å². The number of rotatable bonds is 6. The molecule has 0 saturated heterocycles. The Labute approximate surface area is 95.8 Å². The van der Waals surface area contributed by atoms with Gasteiger partial charge >= 0.3 is 0 Å². The van der Waals surface area contributed by atoms with Crippen molar-refractivity contribution in [3.05, 3.63) is 22.2 Å². The number of hydrogen-bond acceptors (Lipinski definition) is 1. The summed E-state index contributed by atoms with van der Waals surface area (Å²) >= 11 is 11.6. The lowest BCUT2D eigenvalue weighted by molar-refractivity contribution is -0.110. The van der Waals surface area contributed by atoms with E-state index < -0.39 is 0 Å². The van der Waals surface area contributed by atoms with Crippen LogP contribution in [0.2, 0.25) is 0 Å². The Hall–Kier alpha value is -0.270. The molecule has 0 N–H and O–H groups in total. The van der Waals surface area contributed by atoms with Crippen molar-refractivity contribution in [2.45, 2.75) is 39.5 Å². The minimum absolute atomic E-state index is 0.123. The molecule has 14 heavy (non-hydrogen) atoms. The van der Waals surface area contributed by atoms with Crippen LogP contribution in [0.15, 0.2) is 22.2 Å². The van der Waals surface area contributed by atoms with Crippen molar-refractivity contribution in [3.63, 3.8) is 0 Å². The van der Waals surface area contributed by atoms with E-state index in [1.54, 1.807) is 0 Å². The van der Waals surface area contributed by atoms with Gasteiger partial charge in [-0.2, -0.15) is 0 Å². The molecule has 0 radical (unpaired) electrons. The third-order valence-corrected chi connectivity index (χ3v) is 2.17. The molecule has 0 atom stereocenters. The van der Waals surface area contributed by atoms with Crippen LogP contribution in [-0.4, -0.2) is 5.78 Å². The number of carbonyl (C=O) groups excluding carboxylic acids is 1. The maximum atomic E-state index is 11.3. The zero-order valence-corrected chi connectivity index (χ0v) is 10.2. The van der Waals surface area contributed by atoms with Crippen LogP contribution in [0.1, 0.15) is 39.5 Å². The number of ketones is 1. The highest BCUT2D eigenvalue weighted by Crippen LogP contribution is 2.12. The molecular formula is C11H16Cl2O. The molecule has 0 aliphatic carbocycles. The van der Waals surface area contributed by atoms with Crippen molar-refractivity contribution >= 4 is 29.0 Å². The highest BCUT2D eigenvalue weighted by atomic mass is 35.5. The summed E-state index contributed by atoms with van der Waals surface area (Å²) in [5.41, 5.74) is 0. The normalized spacial score (nSPS) is 13.1. The molecule has 0 saturated carbocycles. The van der Waals surface area contributed by atoms with Crippen LogP contribution in [0.25, 0.3) is 0 Å². The molecule has 0 heterocycles. The van der Waals surface area contributed by atoms with Gasteiger partial charge in [-0.05, 0) is 25.0 Å². The van der Waals surface area contributed by atoms with Gasteiger partial charge in [0.15, 0.2) is 5.78 Å². The smallest absolute Gasteiger partial charge is 0.180 e. The minimum Gasteiger partial charge on any atom is -0.290 e. The van der Waals surface area contributed by atoms with Crippen LogP contribution in [0, 0.1) is 0 Å². The summed E-state index contributed by atoms with van der Waals surface area (Å²) < 4.78 is 0. The number of carbonyl (C=O) groups is 1. The molecule has 0 fully saturated rings. The lowest BCUT2D eigenvalue weighted by atomic mass is 10.2. The van der Waals surface area contributed by atoms with E-state index in [4.69, 9.17) is 23.2 Å². The van der Waals surface area contributed by atoms with Gasteiger partial charge < -0.3 is 0 Å². The Bertz CT molecular complexity index is 218. The Kier molecular flexibility index (Phi) is 7.92. The third-order valence-electron chi connectivity index (χ3n) is 1.58. The van der Waals surface area contributed by atoms with Gasteiger partial charge in [0.2, 0.25) is 0 Å². The molecule has 0 unspecified atom stereocenters. The van der Waals surface area contributed by atoms with E-state index in [0.717, 1.165) is 25.7 Å². The Morgan fingerprint density at radius 3 is 1.64 bits per heavy atom. The first-order valence-corrected chi connectivity index (χ1v) is 5.61. The molecule has 0 aromatic carbocycles. The van der Waals surface area contributed by atoms with Gasteiger partial charge in [0, 0.05) is 10.1 Å². The molecule has 80 valence electrons. The van der Waals surface area contributed by atoms with Gasteiger partial charge in [0.05, 0.1) is 0 Å². The van der Waals surface area contributed by atoms with Crippen LogP contribution >= 0.6 is 23.2 Å². The van der Waals surface area contributed by atoms with Crippen LogP contribution < -0.4 is 0 Å². The van der Waals surface area contributed by atoms with Crippen LogP contribution in [-0.2, 0) is 4.79 Å². The molecule has 0 amide bonds. The minimum atomic E-state index is -0.123. The first kappa shape index (κ1) is 13.7. The fourth-order valence-corrected chi connectivity index (χ4v) is 1.57. The van der Waals surface area contributed by atoms with Gasteiger partial charge in [-0.15, -0.1) is 0 Å². The summed E-state index contributed by atoms with van der Waals surface area (Å²) in [7, 11) is 0. The molecule has 0 aliphatic heterocycles. The van der Waals surface area contributed by atoms with E-state index in [1.807, 2.05) is 13.8 Å². The Morgan fingerprint density at radius 1 is 1.00 bits per heavy atom. The molecule has 0 spiro atoms. The average molecular weight is 235 g/mol. The average Bonchev–Trinajstić information content (AvgIpc) is 2.03. The summed E-state index contributed by atoms with van der Waals surface area (Å²) in [4.78, 5) is 11.3. The van der Waals surface area contributed by atoms with E-state index >= 15 is 0 Å². The zero-order valence-electron chi connectivity index (χ0n) is 8.65. The predicted octanol–water partition coefficient (Wildman–Crippen LogP) is 4.40. The molecule has 0 rings (SSSR count). The van der Waals surface area contributed by atoms with Crippen LogP contribution in [0.5, 0.6) is 0 Å². The van der Waals surface area contributed by atoms with Crippen LogP contribution in [0.4, 0.5) is 0 Å². The van der Waals surface area contributed by atoms with E-state index in [-0.39, 0.29) is 5.78 Å². The second kappa shape index (κ2) is 8.07. The van der Waals surface area contributed by atoms with Crippen molar-refractivity contribution < 1.29 is 4.79 Å². The summed E-state index contributed by atoms with van der Waals surface area (Å²) in [6, 6.07) is 0. The highest BCUT2D eigenvalue weighted by Gasteiger charge is 1.98. The third kappa shape index (κ3) is 7.16. The first-order chi connectivity index (χ1) is 6.60. The van der Waals surface area contributed by atoms with Crippen molar-refractivity contribution in [2.75, 3.05) is 0 Å². The molecule has 0 aromatic rings. The number of allylic oxidation sites excluding steroid dienone is 4. The topological polar surface area (TPSA) is 17.1 Å². The Balaban J connectivity index is 4.21. The molecule has 0 bridgehead atoms. The van der Waals surface area contributed by atoms with Gasteiger partial charge in [-0.25, -0.2) is 0 Å². The van der Waals surface area contributed by atoms with E-state index in [1.165, 1.54) is 12.2 Å². The molecule has 3 heteroatoms.